The highest BCUT2D eigenvalue weighted by molar-refractivity contribution is 5.63. The zero-order valence-electron chi connectivity index (χ0n) is 18.9. The van der Waals surface area contributed by atoms with E-state index in [0.717, 1.165) is 6.20 Å². The van der Waals surface area contributed by atoms with Gasteiger partial charge in [0.2, 0.25) is 6.29 Å². The summed E-state index contributed by atoms with van der Waals surface area (Å²) < 4.78 is 66.0. The molecular weight excluding hydrogens is 505 g/mol. The lowest BCUT2D eigenvalue weighted by Gasteiger charge is -2.10. The van der Waals surface area contributed by atoms with E-state index in [1.54, 1.807) is 35.0 Å². The predicted molar refractivity (Wildman–Crippen MR) is 120 cm³/mol. The van der Waals surface area contributed by atoms with Crippen LogP contribution >= 0.6 is 0 Å². The second kappa shape index (κ2) is 12.1. The van der Waals surface area contributed by atoms with Crippen LogP contribution in [0.4, 0.5) is 27.8 Å². The van der Waals surface area contributed by atoms with Gasteiger partial charge in [0.25, 0.3) is 0 Å². The van der Waals surface area contributed by atoms with Crippen molar-refractivity contribution in [2.24, 2.45) is 5.73 Å². The summed E-state index contributed by atoms with van der Waals surface area (Å²) in [5, 5.41) is 20.7. The molecule has 0 aliphatic rings. The highest BCUT2D eigenvalue weighted by Gasteiger charge is 2.25. The van der Waals surface area contributed by atoms with Crippen molar-refractivity contribution < 1.29 is 36.4 Å². The number of carbonyl (C=O) groups excluding carboxylic acids is 1. The number of aliphatic hydroxyl groups is 1. The zero-order chi connectivity index (χ0) is 27.0. The van der Waals surface area contributed by atoms with E-state index in [-0.39, 0.29) is 37.1 Å². The Morgan fingerprint density at radius 1 is 1.16 bits per heavy atom. The van der Waals surface area contributed by atoms with Gasteiger partial charge in [-0.05, 0) is 12.1 Å². The lowest BCUT2D eigenvalue weighted by atomic mass is 10.2. The lowest BCUT2D eigenvalue weighted by Crippen LogP contribution is -2.28. The molecule has 15 heteroatoms. The number of anilines is 1. The quantitative estimate of drug-likeness (QED) is 0.234. The predicted octanol–water partition coefficient (Wildman–Crippen LogP) is 2.80. The summed E-state index contributed by atoms with van der Waals surface area (Å²) in [6.45, 7) is 0.174. The molecule has 37 heavy (non-hydrogen) atoms. The van der Waals surface area contributed by atoms with Crippen molar-refractivity contribution in [1.82, 2.24) is 24.9 Å². The molecule has 0 fully saturated rings. The number of aldehydes is 1. The zero-order valence-corrected chi connectivity index (χ0v) is 18.9. The molecule has 0 spiro atoms. The van der Waals surface area contributed by atoms with Gasteiger partial charge < -0.3 is 20.7 Å². The lowest BCUT2D eigenvalue weighted by molar-refractivity contribution is -0.156. The molecule has 0 bridgehead atoms. The number of rotatable bonds is 8. The summed E-state index contributed by atoms with van der Waals surface area (Å²) in [6.07, 6.45) is -4.14. The van der Waals surface area contributed by atoms with Gasteiger partial charge in [-0.25, -0.2) is 18.7 Å². The van der Waals surface area contributed by atoms with Gasteiger partial charge in [-0.3, -0.25) is 9.48 Å². The molecule has 3 aromatic heterocycles. The van der Waals surface area contributed by atoms with Crippen LogP contribution in [0.3, 0.4) is 0 Å². The van der Waals surface area contributed by atoms with Gasteiger partial charge in [0.1, 0.15) is 23.5 Å². The molecular formula is C22H20F5N7O3. The van der Waals surface area contributed by atoms with Crippen molar-refractivity contribution in [3.05, 3.63) is 66.1 Å². The number of nitrogens with one attached hydrogen (secondary N) is 1. The van der Waals surface area contributed by atoms with Gasteiger partial charge in [0.05, 0.1) is 24.5 Å². The fourth-order valence-corrected chi connectivity index (χ4v) is 2.90. The number of nitrogens with two attached hydrogens (primary N) is 1. The van der Waals surface area contributed by atoms with E-state index < -0.39 is 24.4 Å². The fraction of sp³-hybridized carbons (Fsp3) is 0.227. The van der Waals surface area contributed by atoms with Crippen LogP contribution in [0.15, 0.2) is 53.4 Å². The normalized spacial score (nSPS) is 12.0. The molecule has 196 valence electrons. The van der Waals surface area contributed by atoms with E-state index in [9.17, 15) is 27.1 Å². The van der Waals surface area contributed by atoms with Crippen molar-refractivity contribution in [2.75, 3.05) is 18.4 Å². The third kappa shape index (κ3) is 7.62. The Balaban J connectivity index is 0.000000568. The largest absolute Gasteiger partial charge is 0.446 e. The number of carbonyl (C=O) groups is 1. The number of alkyl halides is 3. The van der Waals surface area contributed by atoms with E-state index in [1.165, 1.54) is 12.3 Å². The average molecular weight is 525 g/mol. The number of aromatic nitrogens is 5. The molecule has 0 radical (unpaired) electrons. The highest BCUT2D eigenvalue weighted by atomic mass is 19.4. The average Bonchev–Trinajstić information content (AvgIpc) is 3.55. The first-order valence-corrected chi connectivity index (χ1v) is 10.5. The van der Waals surface area contributed by atoms with Crippen molar-refractivity contribution in [1.29, 1.82) is 0 Å². The van der Waals surface area contributed by atoms with Gasteiger partial charge in [0.15, 0.2) is 17.5 Å². The summed E-state index contributed by atoms with van der Waals surface area (Å²) in [5.74, 6) is -1.00. The van der Waals surface area contributed by atoms with Crippen LogP contribution in [0, 0.1) is 11.6 Å². The van der Waals surface area contributed by atoms with E-state index >= 15 is 0 Å². The number of hydrogen-bond donors (Lipinski definition) is 3. The maximum atomic E-state index is 14.2. The molecule has 1 atom stereocenters. The van der Waals surface area contributed by atoms with Crippen LogP contribution in [-0.4, -0.2) is 61.7 Å². The SMILES string of the molecule is NCC(O)CNc1nc(-c2cc(-c3ccon3)n(Cc3ccccc3F)n2)ncc1F.O=CC(F)(F)F. The highest BCUT2D eigenvalue weighted by Crippen LogP contribution is 2.26. The van der Waals surface area contributed by atoms with E-state index in [2.05, 4.69) is 25.5 Å². The minimum Gasteiger partial charge on any atom is -0.390 e. The third-order valence-corrected chi connectivity index (χ3v) is 4.64. The maximum absolute atomic E-state index is 14.2. The van der Waals surface area contributed by atoms with Crippen molar-refractivity contribution >= 4 is 12.1 Å². The van der Waals surface area contributed by atoms with Gasteiger partial charge in [-0.1, -0.05) is 23.4 Å². The molecule has 4 aromatic rings. The van der Waals surface area contributed by atoms with Gasteiger partial charge in [-0.2, -0.15) is 18.3 Å². The number of halogens is 5. The van der Waals surface area contributed by atoms with Crippen LogP contribution in [0.25, 0.3) is 22.9 Å². The fourth-order valence-electron chi connectivity index (χ4n) is 2.90. The van der Waals surface area contributed by atoms with Crippen LogP contribution in [0.5, 0.6) is 0 Å². The van der Waals surface area contributed by atoms with E-state index in [1.807, 2.05) is 0 Å². The molecule has 0 saturated carbocycles. The second-order valence-corrected chi connectivity index (χ2v) is 7.37. The Kier molecular flexibility index (Phi) is 8.97. The van der Waals surface area contributed by atoms with Gasteiger partial charge in [-0.15, -0.1) is 0 Å². The minimum absolute atomic E-state index is 0.0219. The molecule has 10 nitrogen and oxygen atoms in total. The third-order valence-electron chi connectivity index (χ3n) is 4.64. The van der Waals surface area contributed by atoms with Crippen molar-refractivity contribution in [3.8, 4) is 22.9 Å². The summed E-state index contributed by atoms with van der Waals surface area (Å²) in [6, 6.07) is 9.66. The number of aliphatic hydroxyl groups excluding tert-OH is 1. The molecule has 0 aliphatic carbocycles. The van der Waals surface area contributed by atoms with Crippen LogP contribution in [0.1, 0.15) is 5.56 Å². The first-order chi connectivity index (χ1) is 17.6. The summed E-state index contributed by atoms with van der Waals surface area (Å²) in [5.41, 5.74) is 7.16. The smallest absolute Gasteiger partial charge is 0.390 e. The van der Waals surface area contributed by atoms with Crippen molar-refractivity contribution in [2.45, 2.75) is 18.8 Å². The molecule has 0 saturated heterocycles. The minimum atomic E-state index is -4.64. The topological polar surface area (TPSA) is 145 Å². The van der Waals surface area contributed by atoms with Crippen LogP contribution in [-0.2, 0) is 11.3 Å². The molecule has 4 rings (SSSR count). The molecule has 1 aromatic carbocycles. The molecule has 4 N–H and O–H groups in total. The Hall–Kier alpha value is -4.24. The van der Waals surface area contributed by atoms with Crippen LogP contribution < -0.4 is 11.1 Å². The number of hydrogen-bond acceptors (Lipinski definition) is 9. The molecule has 3 heterocycles. The van der Waals surface area contributed by atoms with Crippen molar-refractivity contribution in [3.63, 3.8) is 0 Å². The summed E-state index contributed by atoms with van der Waals surface area (Å²) >= 11 is 0. The maximum Gasteiger partial charge on any atom is 0.446 e. The number of benzene rings is 1. The van der Waals surface area contributed by atoms with Crippen LogP contribution in [0.2, 0.25) is 0 Å². The molecule has 0 amide bonds. The van der Waals surface area contributed by atoms with Gasteiger partial charge in [0, 0.05) is 24.7 Å². The second-order valence-electron chi connectivity index (χ2n) is 7.37. The Morgan fingerprint density at radius 3 is 2.51 bits per heavy atom. The van der Waals surface area contributed by atoms with E-state index in [0.29, 0.717) is 22.6 Å². The standard InChI is InChI=1S/C20H19F2N7O2.C2HF3O/c21-14-4-2-1-3-12(14)11-29-18(16-5-6-31-28-16)7-17(27-29)20-25-10-15(22)19(26-20)24-9-13(30)8-23;3-2(4,5)1-6/h1-7,10,13,30H,8-9,11,23H2,(H,24,25,26);1H. The Morgan fingerprint density at radius 2 is 1.89 bits per heavy atom. The molecule has 0 aliphatic heterocycles. The van der Waals surface area contributed by atoms with Gasteiger partial charge >= 0.3 is 6.18 Å². The number of nitrogens with zero attached hydrogens (tertiary/aromatic N) is 5. The summed E-state index contributed by atoms with van der Waals surface area (Å²) in [4.78, 5) is 16.9. The first kappa shape index (κ1) is 27.3. The Labute approximate surface area is 205 Å². The Bertz CT molecular complexity index is 1310. The first-order valence-electron chi connectivity index (χ1n) is 10.5. The molecule has 1 unspecified atom stereocenters. The van der Waals surface area contributed by atoms with E-state index in [4.69, 9.17) is 15.1 Å². The monoisotopic (exact) mass is 525 g/mol. The summed E-state index contributed by atoms with van der Waals surface area (Å²) in [7, 11) is 0.